The quantitative estimate of drug-likeness (QED) is 0.864. The zero-order valence-corrected chi connectivity index (χ0v) is 10.7. The summed E-state index contributed by atoms with van der Waals surface area (Å²) in [5, 5.41) is 9.33. The SMILES string of the molecule is O=C(O)C[C@]12CCCC[C@H]1CCc1ccccc12. The van der Waals surface area contributed by atoms with Crippen molar-refractivity contribution in [3.63, 3.8) is 0 Å². The highest BCUT2D eigenvalue weighted by molar-refractivity contribution is 5.69. The third kappa shape index (κ3) is 1.75. The summed E-state index contributed by atoms with van der Waals surface area (Å²) in [4.78, 5) is 11.3. The first-order chi connectivity index (χ1) is 8.72. The van der Waals surface area contributed by atoms with E-state index in [2.05, 4.69) is 24.3 Å². The molecule has 2 aliphatic rings. The minimum Gasteiger partial charge on any atom is -0.481 e. The van der Waals surface area contributed by atoms with Crippen LogP contribution in [0.25, 0.3) is 0 Å². The Kier molecular flexibility index (Phi) is 2.89. The number of benzene rings is 1. The third-order valence-corrected chi connectivity index (χ3v) is 4.99. The van der Waals surface area contributed by atoms with Crippen LogP contribution in [0.4, 0.5) is 0 Å². The first-order valence-corrected chi connectivity index (χ1v) is 7.02. The molecule has 0 heterocycles. The molecule has 96 valence electrons. The fraction of sp³-hybridized carbons (Fsp3) is 0.562. The summed E-state index contributed by atoms with van der Waals surface area (Å²) >= 11 is 0. The molecular weight excluding hydrogens is 224 g/mol. The first-order valence-electron chi connectivity index (χ1n) is 7.02. The van der Waals surface area contributed by atoms with Crippen molar-refractivity contribution in [1.82, 2.24) is 0 Å². The largest absolute Gasteiger partial charge is 0.481 e. The van der Waals surface area contributed by atoms with Crippen LogP contribution in [0.1, 0.15) is 49.7 Å². The molecule has 3 rings (SSSR count). The van der Waals surface area contributed by atoms with Gasteiger partial charge in [-0.3, -0.25) is 4.79 Å². The summed E-state index contributed by atoms with van der Waals surface area (Å²) in [6.45, 7) is 0. The predicted molar refractivity (Wildman–Crippen MR) is 70.7 cm³/mol. The van der Waals surface area contributed by atoms with Crippen molar-refractivity contribution in [3.05, 3.63) is 35.4 Å². The van der Waals surface area contributed by atoms with E-state index in [0.29, 0.717) is 12.3 Å². The Bertz CT molecular complexity index is 466. The van der Waals surface area contributed by atoms with Crippen LogP contribution in [0.5, 0.6) is 0 Å². The zero-order chi connectivity index (χ0) is 12.6. The molecule has 1 fully saturated rings. The van der Waals surface area contributed by atoms with E-state index in [1.54, 1.807) is 0 Å². The lowest BCUT2D eigenvalue weighted by molar-refractivity contribution is -0.139. The third-order valence-electron chi connectivity index (χ3n) is 4.99. The number of carboxylic acids is 1. The van der Waals surface area contributed by atoms with Gasteiger partial charge in [0.1, 0.15) is 0 Å². The van der Waals surface area contributed by atoms with Crippen LogP contribution in [-0.2, 0) is 16.6 Å². The Balaban J connectivity index is 2.09. The lowest BCUT2D eigenvalue weighted by Gasteiger charge is -2.48. The van der Waals surface area contributed by atoms with Crippen molar-refractivity contribution in [2.24, 2.45) is 5.92 Å². The van der Waals surface area contributed by atoms with E-state index in [9.17, 15) is 9.90 Å². The molecule has 18 heavy (non-hydrogen) atoms. The minimum absolute atomic E-state index is 0.0705. The van der Waals surface area contributed by atoms with Gasteiger partial charge in [-0.25, -0.2) is 0 Å². The van der Waals surface area contributed by atoms with Crippen molar-refractivity contribution >= 4 is 5.97 Å². The maximum Gasteiger partial charge on any atom is 0.304 e. The molecule has 2 aliphatic carbocycles. The van der Waals surface area contributed by atoms with Gasteiger partial charge in [0.05, 0.1) is 6.42 Å². The van der Waals surface area contributed by atoms with Crippen molar-refractivity contribution in [2.45, 2.75) is 50.4 Å². The second-order valence-electron chi connectivity index (χ2n) is 5.87. The predicted octanol–water partition coefficient (Wildman–Crippen LogP) is 3.54. The molecule has 2 nitrogen and oxygen atoms in total. The van der Waals surface area contributed by atoms with Gasteiger partial charge in [0.2, 0.25) is 0 Å². The van der Waals surface area contributed by atoms with E-state index in [-0.39, 0.29) is 5.41 Å². The van der Waals surface area contributed by atoms with Gasteiger partial charge in [-0.2, -0.15) is 0 Å². The maximum atomic E-state index is 11.3. The second kappa shape index (κ2) is 4.42. The van der Waals surface area contributed by atoms with Crippen molar-refractivity contribution < 1.29 is 9.90 Å². The van der Waals surface area contributed by atoms with Crippen LogP contribution in [0.15, 0.2) is 24.3 Å². The topological polar surface area (TPSA) is 37.3 Å². The fourth-order valence-electron chi connectivity index (χ4n) is 4.24. The first kappa shape index (κ1) is 11.8. The van der Waals surface area contributed by atoms with Gasteiger partial charge in [-0.15, -0.1) is 0 Å². The van der Waals surface area contributed by atoms with E-state index in [1.807, 2.05) is 0 Å². The number of fused-ring (bicyclic) bond motifs is 3. The second-order valence-corrected chi connectivity index (χ2v) is 5.87. The minimum atomic E-state index is -0.640. The lowest BCUT2D eigenvalue weighted by Crippen LogP contribution is -2.43. The number of aryl methyl sites for hydroxylation is 1. The van der Waals surface area contributed by atoms with Gasteiger partial charge in [-0.1, -0.05) is 37.1 Å². The van der Waals surface area contributed by atoms with Crippen molar-refractivity contribution in [3.8, 4) is 0 Å². The highest BCUT2D eigenvalue weighted by atomic mass is 16.4. The molecule has 2 heteroatoms. The molecule has 0 amide bonds. The van der Waals surface area contributed by atoms with Gasteiger partial charge >= 0.3 is 5.97 Å². The van der Waals surface area contributed by atoms with Crippen molar-refractivity contribution in [2.75, 3.05) is 0 Å². The summed E-state index contributed by atoms with van der Waals surface area (Å²) < 4.78 is 0. The molecule has 0 aliphatic heterocycles. The molecule has 0 bridgehead atoms. The molecule has 0 aromatic heterocycles. The van der Waals surface area contributed by atoms with Crippen LogP contribution in [-0.4, -0.2) is 11.1 Å². The summed E-state index contributed by atoms with van der Waals surface area (Å²) in [5.41, 5.74) is 2.65. The summed E-state index contributed by atoms with van der Waals surface area (Å²) in [7, 11) is 0. The van der Waals surface area contributed by atoms with Crippen LogP contribution < -0.4 is 0 Å². The Hall–Kier alpha value is -1.31. The highest BCUT2D eigenvalue weighted by Gasteiger charge is 2.46. The van der Waals surface area contributed by atoms with Crippen LogP contribution in [0.2, 0.25) is 0 Å². The molecule has 0 unspecified atom stereocenters. The fourth-order valence-corrected chi connectivity index (χ4v) is 4.24. The Morgan fingerprint density at radius 2 is 2.11 bits per heavy atom. The maximum absolute atomic E-state index is 11.3. The molecule has 0 saturated heterocycles. The van der Waals surface area contributed by atoms with Crippen LogP contribution in [0.3, 0.4) is 0 Å². The molecule has 2 atom stereocenters. The molecule has 1 N–H and O–H groups in total. The number of carbonyl (C=O) groups is 1. The number of carboxylic acid groups (broad SMARTS) is 1. The zero-order valence-electron chi connectivity index (χ0n) is 10.7. The molecule has 1 aromatic carbocycles. The summed E-state index contributed by atoms with van der Waals surface area (Å²) in [6, 6.07) is 8.51. The van der Waals surface area contributed by atoms with Crippen LogP contribution >= 0.6 is 0 Å². The van der Waals surface area contributed by atoms with Gasteiger partial charge in [-0.05, 0) is 42.7 Å². The number of aliphatic carboxylic acids is 1. The Morgan fingerprint density at radius 1 is 1.28 bits per heavy atom. The van der Waals surface area contributed by atoms with Gasteiger partial charge in [0.25, 0.3) is 0 Å². The molecule has 0 radical (unpaired) electrons. The van der Waals surface area contributed by atoms with E-state index >= 15 is 0 Å². The van der Waals surface area contributed by atoms with E-state index in [0.717, 1.165) is 12.8 Å². The smallest absolute Gasteiger partial charge is 0.304 e. The average Bonchev–Trinajstić information content (AvgIpc) is 2.38. The van der Waals surface area contributed by atoms with Gasteiger partial charge in [0, 0.05) is 5.41 Å². The lowest BCUT2D eigenvalue weighted by atomic mass is 9.56. The number of hydrogen-bond donors (Lipinski definition) is 1. The standard InChI is InChI=1S/C16H20O2/c17-15(18)11-16-10-4-3-6-13(16)9-8-12-5-1-2-7-14(12)16/h1-2,5,7,13H,3-4,6,8-11H2,(H,17,18)/t13-,16+/m0/s1. The van der Waals surface area contributed by atoms with E-state index in [1.165, 1.54) is 36.8 Å². The number of rotatable bonds is 2. The van der Waals surface area contributed by atoms with E-state index in [4.69, 9.17) is 0 Å². The normalized spacial score (nSPS) is 30.3. The van der Waals surface area contributed by atoms with Gasteiger partial charge < -0.3 is 5.11 Å². The highest BCUT2D eigenvalue weighted by Crippen LogP contribution is 2.52. The number of hydrogen-bond acceptors (Lipinski definition) is 1. The molecular formula is C16H20O2. The summed E-state index contributed by atoms with van der Waals surface area (Å²) in [5.74, 6) is -0.0594. The van der Waals surface area contributed by atoms with E-state index < -0.39 is 5.97 Å². The van der Waals surface area contributed by atoms with Gasteiger partial charge in [0.15, 0.2) is 0 Å². The molecule has 1 aromatic rings. The van der Waals surface area contributed by atoms with Crippen molar-refractivity contribution in [1.29, 1.82) is 0 Å². The monoisotopic (exact) mass is 244 g/mol. The Morgan fingerprint density at radius 3 is 2.94 bits per heavy atom. The summed E-state index contributed by atoms with van der Waals surface area (Å²) in [6.07, 6.45) is 7.33. The average molecular weight is 244 g/mol. The molecule has 0 spiro atoms. The molecule has 1 saturated carbocycles. The van der Waals surface area contributed by atoms with Crippen LogP contribution in [0, 0.1) is 5.92 Å². The Labute approximate surface area is 108 Å².